The first-order valence-electron chi connectivity index (χ1n) is 9.07. The van der Waals surface area contributed by atoms with Gasteiger partial charge in [0.15, 0.2) is 0 Å². The molecule has 1 aromatic carbocycles. The summed E-state index contributed by atoms with van der Waals surface area (Å²) in [6, 6.07) is 6.09. The van der Waals surface area contributed by atoms with Crippen LogP contribution in [-0.2, 0) is 9.31 Å². The van der Waals surface area contributed by atoms with E-state index < -0.39 is 0 Å². The Morgan fingerprint density at radius 1 is 1.08 bits per heavy atom. The lowest BCUT2D eigenvalue weighted by atomic mass is 9.78. The third-order valence-corrected chi connectivity index (χ3v) is 5.71. The summed E-state index contributed by atoms with van der Waals surface area (Å²) in [4.78, 5) is 4.57. The summed E-state index contributed by atoms with van der Waals surface area (Å²) in [7, 11) is -0.386. The predicted molar refractivity (Wildman–Crippen MR) is 102 cm³/mol. The van der Waals surface area contributed by atoms with E-state index in [0.29, 0.717) is 0 Å². The van der Waals surface area contributed by atoms with Crippen LogP contribution in [0.3, 0.4) is 0 Å². The van der Waals surface area contributed by atoms with Crippen LogP contribution in [0.25, 0.3) is 0 Å². The molecule has 2 fully saturated rings. The molecule has 25 heavy (non-hydrogen) atoms. The second-order valence-electron chi connectivity index (χ2n) is 7.96. The summed E-state index contributed by atoms with van der Waals surface area (Å²) in [6.45, 7) is 12.9. The Hall–Kier alpha value is -1.28. The number of piperazine rings is 1. The van der Waals surface area contributed by atoms with Crippen molar-refractivity contribution < 1.29 is 14.4 Å². The second-order valence-corrected chi connectivity index (χ2v) is 7.96. The number of anilines is 2. The van der Waals surface area contributed by atoms with Crippen molar-refractivity contribution in [3.8, 4) is 0 Å². The van der Waals surface area contributed by atoms with Gasteiger partial charge in [0.1, 0.15) is 0 Å². The van der Waals surface area contributed by atoms with Gasteiger partial charge in [0.05, 0.1) is 29.2 Å². The van der Waals surface area contributed by atoms with Gasteiger partial charge in [0, 0.05) is 32.7 Å². The van der Waals surface area contributed by atoms with Crippen molar-refractivity contribution in [2.75, 3.05) is 50.0 Å². The fraction of sp³-hybridized carbons (Fsp3) is 0.667. The van der Waals surface area contributed by atoms with Crippen molar-refractivity contribution in [1.82, 2.24) is 4.90 Å². The molecule has 2 saturated heterocycles. The van der Waals surface area contributed by atoms with Crippen LogP contribution < -0.4 is 16.1 Å². The lowest BCUT2D eigenvalue weighted by Gasteiger charge is -2.36. The van der Waals surface area contributed by atoms with Crippen LogP contribution in [-0.4, -0.2) is 67.7 Å². The van der Waals surface area contributed by atoms with E-state index in [1.165, 1.54) is 0 Å². The number of aliphatic hydroxyl groups is 1. The van der Waals surface area contributed by atoms with Gasteiger partial charge >= 0.3 is 7.12 Å². The van der Waals surface area contributed by atoms with Crippen molar-refractivity contribution >= 4 is 24.0 Å². The lowest BCUT2D eigenvalue weighted by Crippen LogP contribution is -2.47. The first-order valence-corrected chi connectivity index (χ1v) is 9.07. The zero-order chi connectivity index (χ0) is 18.2. The molecule has 0 aliphatic carbocycles. The Morgan fingerprint density at radius 2 is 1.68 bits per heavy atom. The quantitative estimate of drug-likeness (QED) is 0.617. The summed E-state index contributed by atoms with van der Waals surface area (Å²) in [6.07, 6.45) is 0. The Bertz CT molecular complexity index is 600. The molecule has 0 atom stereocenters. The Morgan fingerprint density at radius 3 is 2.20 bits per heavy atom. The van der Waals surface area contributed by atoms with E-state index in [2.05, 4.69) is 43.6 Å². The van der Waals surface area contributed by atoms with Crippen LogP contribution in [0.1, 0.15) is 27.7 Å². The van der Waals surface area contributed by atoms with Crippen LogP contribution in [0.4, 0.5) is 11.4 Å². The molecule has 0 unspecified atom stereocenters. The first-order chi connectivity index (χ1) is 11.7. The lowest BCUT2D eigenvalue weighted by molar-refractivity contribution is 0.00578. The first kappa shape index (κ1) is 18.5. The molecule has 2 aliphatic rings. The minimum absolute atomic E-state index is 0.213. The number of hydrogen-bond acceptors (Lipinski definition) is 6. The molecule has 0 aromatic heterocycles. The standard InChI is InChI=1S/C18H30BN3O3/c1-17(2)18(3,4)25-19(24-17)14-5-6-16(15(20)13-14)22-9-7-21(8-10-22)11-12-23/h5-6,13,23H,7-12,20H2,1-4H3. The average molecular weight is 347 g/mol. The van der Waals surface area contributed by atoms with Gasteiger partial charge in [-0.25, -0.2) is 0 Å². The van der Waals surface area contributed by atoms with Gasteiger partial charge in [-0.15, -0.1) is 0 Å². The molecule has 138 valence electrons. The van der Waals surface area contributed by atoms with Crippen LogP contribution in [0.2, 0.25) is 0 Å². The predicted octanol–water partition coefficient (Wildman–Crippen LogP) is 0.682. The summed E-state index contributed by atoms with van der Waals surface area (Å²) >= 11 is 0. The number of rotatable bonds is 4. The largest absolute Gasteiger partial charge is 0.494 e. The molecule has 0 bridgehead atoms. The van der Waals surface area contributed by atoms with Crippen LogP contribution in [0, 0.1) is 0 Å². The Balaban J connectivity index is 1.70. The smallest absolute Gasteiger partial charge is 0.399 e. The number of nitrogen functional groups attached to an aromatic ring is 1. The maximum atomic E-state index is 9.05. The molecule has 0 spiro atoms. The zero-order valence-electron chi connectivity index (χ0n) is 15.8. The number of nitrogens with zero attached hydrogens (tertiary/aromatic N) is 2. The monoisotopic (exact) mass is 347 g/mol. The molecule has 0 radical (unpaired) electrons. The number of benzene rings is 1. The third kappa shape index (κ3) is 3.65. The maximum Gasteiger partial charge on any atom is 0.494 e. The molecular weight excluding hydrogens is 317 g/mol. The van der Waals surface area contributed by atoms with Crippen LogP contribution >= 0.6 is 0 Å². The number of nitrogens with two attached hydrogens (primary N) is 1. The van der Waals surface area contributed by atoms with Gasteiger partial charge in [-0.1, -0.05) is 6.07 Å². The molecule has 1 aromatic rings. The minimum Gasteiger partial charge on any atom is -0.399 e. The molecule has 7 heteroatoms. The highest BCUT2D eigenvalue weighted by atomic mass is 16.7. The SMILES string of the molecule is CC1(C)OB(c2ccc(N3CCN(CCO)CC3)c(N)c2)OC1(C)C. The van der Waals surface area contributed by atoms with Crippen molar-refractivity contribution in [2.24, 2.45) is 0 Å². The van der Waals surface area contributed by atoms with Gasteiger partial charge in [-0.3, -0.25) is 4.90 Å². The van der Waals surface area contributed by atoms with E-state index in [9.17, 15) is 0 Å². The van der Waals surface area contributed by atoms with Crippen molar-refractivity contribution in [1.29, 1.82) is 0 Å². The van der Waals surface area contributed by atoms with E-state index in [-0.39, 0.29) is 24.9 Å². The second kappa shape index (κ2) is 6.80. The highest BCUT2D eigenvalue weighted by Crippen LogP contribution is 2.37. The topological polar surface area (TPSA) is 71.2 Å². The molecule has 6 nitrogen and oxygen atoms in total. The minimum atomic E-state index is -0.386. The third-order valence-electron chi connectivity index (χ3n) is 5.71. The molecule has 0 amide bonds. The fourth-order valence-electron chi connectivity index (χ4n) is 3.34. The van der Waals surface area contributed by atoms with Crippen molar-refractivity contribution in [3.63, 3.8) is 0 Å². The molecule has 2 heterocycles. The van der Waals surface area contributed by atoms with E-state index >= 15 is 0 Å². The molecule has 3 rings (SSSR count). The van der Waals surface area contributed by atoms with Gasteiger partial charge in [0.2, 0.25) is 0 Å². The highest BCUT2D eigenvalue weighted by molar-refractivity contribution is 6.62. The van der Waals surface area contributed by atoms with Crippen molar-refractivity contribution in [2.45, 2.75) is 38.9 Å². The summed E-state index contributed by atoms with van der Waals surface area (Å²) in [5.74, 6) is 0. The van der Waals surface area contributed by atoms with Crippen LogP contribution in [0.15, 0.2) is 18.2 Å². The summed E-state index contributed by atoms with van der Waals surface area (Å²) in [5, 5.41) is 9.05. The van der Waals surface area contributed by atoms with Crippen molar-refractivity contribution in [3.05, 3.63) is 18.2 Å². The maximum absolute atomic E-state index is 9.05. The van der Waals surface area contributed by atoms with Gasteiger partial charge in [0.25, 0.3) is 0 Å². The van der Waals surface area contributed by atoms with Gasteiger partial charge < -0.3 is 25.0 Å². The highest BCUT2D eigenvalue weighted by Gasteiger charge is 2.51. The summed E-state index contributed by atoms with van der Waals surface area (Å²) < 4.78 is 12.2. The number of aliphatic hydroxyl groups excluding tert-OH is 1. The van der Waals surface area contributed by atoms with E-state index in [1.54, 1.807) is 0 Å². The normalized spacial score (nSPS) is 23.2. The summed E-state index contributed by atoms with van der Waals surface area (Å²) in [5.41, 5.74) is 8.40. The van der Waals surface area contributed by atoms with E-state index in [1.807, 2.05) is 12.1 Å². The van der Waals surface area contributed by atoms with Crippen LogP contribution in [0.5, 0.6) is 0 Å². The van der Waals surface area contributed by atoms with E-state index in [0.717, 1.165) is 49.6 Å². The zero-order valence-corrected chi connectivity index (χ0v) is 15.8. The number of β-amino-alcohol motifs (C(OH)–C–C–N with tert-alkyl or cyclic N) is 1. The Labute approximate surface area is 151 Å². The van der Waals surface area contributed by atoms with E-state index in [4.69, 9.17) is 20.1 Å². The van der Waals surface area contributed by atoms with Gasteiger partial charge in [-0.2, -0.15) is 0 Å². The Kier molecular flexibility index (Phi) is 5.03. The molecule has 0 saturated carbocycles. The molecule has 3 N–H and O–H groups in total. The molecule has 2 aliphatic heterocycles. The fourth-order valence-corrected chi connectivity index (χ4v) is 3.34. The molecular formula is C18H30BN3O3. The van der Waals surface area contributed by atoms with Gasteiger partial charge in [-0.05, 0) is 45.3 Å². The average Bonchev–Trinajstić information content (AvgIpc) is 2.77. The number of hydrogen-bond donors (Lipinski definition) is 2.